The zero-order valence-electron chi connectivity index (χ0n) is 18.1. The maximum atomic E-state index is 13.2. The third-order valence-corrected chi connectivity index (χ3v) is 5.83. The molecule has 2 aliphatic heterocycles. The van der Waals surface area contributed by atoms with E-state index in [1.54, 1.807) is 18.3 Å². The predicted molar refractivity (Wildman–Crippen MR) is 120 cm³/mol. The van der Waals surface area contributed by atoms with E-state index in [2.05, 4.69) is 15.2 Å². The van der Waals surface area contributed by atoms with Gasteiger partial charge in [0.2, 0.25) is 11.8 Å². The van der Waals surface area contributed by atoms with Crippen molar-refractivity contribution in [2.45, 2.75) is 39.0 Å². The Kier molecular flexibility index (Phi) is 6.82. The SMILES string of the molecule is Cc1ccc2c(c1)N(CC(=O)NCCCN1CCCCCC1)C(=O)c1cccnc1O2. The van der Waals surface area contributed by atoms with Crippen LogP contribution in [0.3, 0.4) is 0 Å². The van der Waals surface area contributed by atoms with Crippen LogP contribution in [0.25, 0.3) is 0 Å². The fraction of sp³-hybridized carbons (Fsp3) is 0.458. The van der Waals surface area contributed by atoms with E-state index >= 15 is 0 Å². The van der Waals surface area contributed by atoms with Crippen LogP contribution >= 0.6 is 0 Å². The second-order valence-corrected chi connectivity index (χ2v) is 8.28. The minimum atomic E-state index is -0.285. The molecule has 2 amide bonds. The molecular weight excluding hydrogens is 392 g/mol. The molecule has 7 heteroatoms. The lowest BCUT2D eigenvalue weighted by Crippen LogP contribution is -2.41. The molecule has 2 aromatic rings. The minimum Gasteiger partial charge on any atom is -0.436 e. The van der Waals surface area contributed by atoms with E-state index in [9.17, 15) is 9.59 Å². The summed E-state index contributed by atoms with van der Waals surface area (Å²) in [5, 5.41) is 2.98. The van der Waals surface area contributed by atoms with E-state index in [1.807, 2.05) is 25.1 Å². The molecule has 0 atom stereocenters. The molecule has 2 aliphatic rings. The first-order valence-corrected chi connectivity index (χ1v) is 11.2. The van der Waals surface area contributed by atoms with Crippen LogP contribution in [0.15, 0.2) is 36.5 Å². The highest BCUT2D eigenvalue weighted by molar-refractivity contribution is 6.11. The molecular formula is C24H30N4O3. The number of aromatic nitrogens is 1. The average molecular weight is 423 g/mol. The van der Waals surface area contributed by atoms with Crippen molar-refractivity contribution in [3.63, 3.8) is 0 Å². The number of carbonyl (C=O) groups is 2. The van der Waals surface area contributed by atoms with Gasteiger partial charge in [0, 0.05) is 12.7 Å². The molecule has 4 rings (SSSR count). The Morgan fingerprint density at radius 3 is 2.77 bits per heavy atom. The molecule has 1 fully saturated rings. The number of aryl methyl sites for hydroxylation is 1. The van der Waals surface area contributed by atoms with Crippen molar-refractivity contribution in [2.24, 2.45) is 0 Å². The molecule has 1 aromatic heterocycles. The number of rotatable bonds is 6. The van der Waals surface area contributed by atoms with Gasteiger partial charge in [-0.25, -0.2) is 4.98 Å². The molecule has 0 radical (unpaired) electrons. The molecule has 0 unspecified atom stereocenters. The smallest absolute Gasteiger partial charge is 0.264 e. The van der Waals surface area contributed by atoms with Crippen LogP contribution in [0.5, 0.6) is 11.6 Å². The first-order chi connectivity index (χ1) is 15.1. The number of nitrogens with zero attached hydrogens (tertiary/aromatic N) is 3. The van der Waals surface area contributed by atoms with Gasteiger partial charge in [0.15, 0.2) is 5.75 Å². The molecule has 7 nitrogen and oxygen atoms in total. The monoisotopic (exact) mass is 422 g/mol. The molecule has 1 aromatic carbocycles. The number of likely N-dealkylation sites (tertiary alicyclic amines) is 1. The van der Waals surface area contributed by atoms with Crippen LogP contribution in [0.2, 0.25) is 0 Å². The van der Waals surface area contributed by atoms with Gasteiger partial charge >= 0.3 is 0 Å². The molecule has 164 valence electrons. The molecule has 3 heterocycles. The Balaban J connectivity index is 1.41. The summed E-state index contributed by atoms with van der Waals surface area (Å²) >= 11 is 0. The van der Waals surface area contributed by atoms with Crippen molar-refractivity contribution >= 4 is 17.5 Å². The third kappa shape index (κ3) is 5.22. The van der Waals surface area contributed by atoms with Gasteiger partial charge in [-0.1, -0.05) is 18.9 Å². The van der Waals surface area contributed by atoms with Gasteiger partial charge in [0.1, 0.15) is 12.1 Å². The number of fused-ring (bicyclic) bond motifs is 2. The summed E-state index contributed by atoms with van der Waals surface area (Å²) in [4.78, 5) is 34.1. The van der Waals surface area contributed by atoms with Crippen LogP contribution < -0.4 is 15.0 Å². The van der Waals surface area contributed by atoms with Gasteiger partial charge in [-0.2, -0.15) is 0 Å². The Morgan fingerprint density at radius 2 is 1.97 bits per heavy atom. The topological polar surface area (TPSA) is 74.8 Å². The third-order valence-electron chi connectivity index (χ3n) is 5.83. The maximum absolute atomic E-state index is 13.2. The summed E-state index contributed by atoms with van der Waals surface area (Å²) in [5.41, 5.74) is 1.92. The number of carbonyl (C=O) groups excluding carboxylic acids is 2. The fourth-order valence-electron chi connectivity index (χ4n) is 4.17. The summed E-state index contributed by atoms with van der Waals surface area (Å²) in [5.74, 6) is 0.319. The highest BCUT2D eigenvalue weighted by Gasteiger charge is 2.30. The number of ether oxygens (including phenoxy) is 1. The van der Waals surface area contributed by atoms with Gasteiger partial charge in [-0.05, 0) is 75.6 Å². The van der Waals surface area contributed by atoms with Crippen molar-refractivity contribution in [3.05, 3.63) is 47.7 Å². The number of benzene rings is 1. The minimum absolute atomic E-state index is 0.0588. The molecule has 0 spiro atoms. The zero-order chi connectivity index (χ0) is 21.6. The van der Waals surface area contributed by atoms with Crippen LogP contribution in [0.4, 0.5) is 5.69 Å². The summed E-state index contributed by atoms with van der Waals surface area (Å²) < 4.78 is 5.90. The van der Waals surface area contributed by atoms with Crippen LogP contribution in [-0.4, -0.2) is 54.4 Å². The summed E-state index contributed by atoms with van der Waals surface area (Å²) in [6.45, 7) is 5.79. The van der Waals surface area contributed by atoms with Crippen molar-refractivity contribution in [3.8, 4) is 11.6 Å². The highest BCUT2D eigenvalue weighted by Crippen LogP contribution is 2.38. The summed E-state index contributed by atoms with van der Waals surface area (Å²) in [6.07, 6.45) is 7.67. The van der Waals surface area contributed by atoms with Gasteiger partial charge < -0.3 is 15.0 Å². The van der Waals surface area contributed by atoms with Gasteiger partial charge in [0.25, 0.3) is 5.91 Å². The Bertz CT molecular complexity index is 938. The normalized spacial score (nSPS) is 16.5. The molecule has 0 bridgehead atoms. The predicted octanol–water partition coefficient (Wildman–Crippen LogP) is 3.52. The molecule has 0 aliphatic carbocycles. The lowest BCUT2D eigenvalue weighted by atomic mass is 10.1. The van der Waals surface area contributed by atoms with Gasteiger partial charge in [0.05, 0.1) is 5.69 Å². The van der Waals surface area contributed by atoms with E-state index < -0.39 is 0 Å². The van der Waals surface area contributed by atoms with Gasteiger partial charge in [-0.15, -0.1) is 0 Å². The molecule has 0 saturated carbocycles. The van der Waals surface area contributed by atoms with Crippen molar-refractivity contribution in [1.82, 2.24) is 15.2 Å². The quantitative estimate of drug-likeness (QED) is 0.721. The van der Waals surface area contributed by atoms with E-state index in [-0.39, 0.29) is 24.2 Å². The van der Waals surface area contributed by atoms with E-state index in [1.165, 1.54) is 30.6 Å². The molecule has 1 N–H and O–H groups in total. The van der Waals surface area contributed by atoms with Crippen molar-refractivity contribution in [1.29, 1.82) is 0 Å². The largest absolute Gasteiger partial charge is 0.436 e. The maximum Gasteiger partial charge on any atom is 0.264 e. The van der Waals surface area contributed by atoms with Crippen molar-refractivity contribution < 1.29 is 14.3 Å². The van der Waals surface area contributed by atoms with Crippen LogP contribution in [0.1, 0.15) is 48.0 Å². The first kappa shape index (κ1) is 21.3. The van der Waals surface area contributed by atoms with Crippen LogP contribution in [0, 0.1) is 6.92 Å². The van der Waals surface area contributed by atoms with Crippen LogP contribution in [-0.2, 0) is 4.79 Å². The average Bonchev–Trinajstić information content (AvgIpc) is 3.10. The number of anilines is 1. The number of nitrogens with one attached hydrogen (secondary N) is 1. The zero-order valence-corrected chi connectivity index (χ0v) is 18.1. The van der Waals surface area contributed by atoms with Crippen molar-refractivity contribution in [2.75, 3.05) is 37.6 Å². The lowest BCUT2D eigenvalue weighted by Gasteiger charge is -2.22. The Labute approximate surface area is 183 Å². The fourth-order valence-corrected chi connectivity index (χ4v) is 4.17. The number of hydrogen-bond donors (Lipinski definition) is 1. The second-order valence-electron chi connectivity index (χ2n) is 8.28. The molecule has 1 saturated heterocycles. The molecule has 31 heavy (non-hydrogen) atoms. The Morgan fingerprint density at radius 1 is 1.16 bits per heavy atom. The second kappa shape index (κ2) is 9.92. The number of hydrogen-bond acceptors (Lipinski definition) is 5. The summed E-state index contributed by atoms with van der Waals surface area (Å²) in [6, 6.07) is 8.97. The first-order valence-electron chi connectivity index (χ1n) is 11.2. The number of pyridine rings is 1. The number of amides is 2. The lowest BCUT2D eigenvalue weighted by molar-refractivity contribution is -0.119. The summed E-state index contributed by atoms with van der Waals surface area (Å²) in [7, 11) is 0. The van der Waals surface area contributed by atoms with E-state index in [4.69, 9.17) is 4.74 Å². The highest BCUT2D eigenvalue weighted by atomic mass is 16.5. The van der Waals surface area contributed by atoms with Gasteiger partial charge in [-0.3, -0.25) is 14.5 Å². The van der Waals surface area contributed by atoms with E-state index in [0.717, 1.165) is 31.6 Å². The van der Waals surface area contributed by atoms with E-state index in [0.29, 0.717) is 23.5 Å². The Hall–Kier alpha value is -2.93. The standard InChI is InChI=1S/C24H30N4O3/c1-18-9-10-21-20(16-18)28(24(30)19-8-6-11-26-23(19)31-21)17-22(29)25-12-7-15-27-13-4-2-3-5-14-27/h6,8-11,16H,2-5,7,12-15,17H2,1H3,(H,25,29).